The fraction of sp³-hybridized carbons (Fsp3) is 0.364. The molecule has 2 aromatic carbocycles. The monoisotopic (exact) mass is 398 g/mol. The number of phenolic OH excluding ortho intramolecular Hbond substituents is 1. The van der Waals surface area contributed by atoms with Crippen LogP contribution in [0.15, 0.2) is 36.5 Å². The van der Waals surface area contributed by atoms with Crippen molar-refractivity contribution in [1.82, 2.24) is 5.32 Å². The van der Waals surface area contributed by atoms with Crippen LogP contribution in [-0.4, -0.2) is 24.3 Å². The van der Waals surface area contributed by atoms with E-state index in [4.69, 9.17) is 22.1 Å². The Hall–Kier alpha value is -2.21. The number of ether oxygens (including phenoxy) is 1. The molecule has 1 radical (unpaired) electrons. The van der Waals surface area contributed by atoms with E-state index in [9.17, 15) is 5.11 Å². The minimum absolute atomic E-state index is 0.0185. The topological polar surface area (TPSA) is 79.5 Å². The molecule has 0 saturated heterocycles. The molecule has 6 heteroatoms. The fourth-order valence-electron chi connectivity index (χ4n) is 3.96. The summed E-state index contributed by atoms with van der Waals surface area (Å²) in [5.41, 5.74) is 10.1. The fourth-order valence-corrected chi connectivity index (χ4v) is 4.17. The molecule has 2 aromatic rings. The molecule has 1 saturated carbocycles. The third-order valence-corrected chi connectivity index (χ3v) is 5.88. The summed E-state index contributed by atoms with van der Waals surface area (Å²) in [5.74, 6) is 0.317. The molecule has 1 heterocycles. The third-order valence-electron chi connectivity index (χ3n) is 5.60. The van der Waals surface area contributed by atoms with Crippen LogP contribution in [0.25, 0.3) is 11.1 Å². The molecule has 1 unspecified atom stereocenters. The number of fused-ring (bicyclic) bond motifs is 1. The van der Waals surface area contributed by atoms with E-state index in [2.05, 4.69) is 28.8 Å². The van der Waals surface area contributed by atoms with Crippen LogP contribution in [0.5, 0.6) is 11.5 Å². The van der Waals surface area contributed by atoms with Gasteiger partial charge in [0.15, 0.2) is 11.5 Å². The van der Waals surface area contributed by atoms with Gasteiger partial charge in [0, 0.05) is 24.0 Å². The van der Waals surface area contributed by atoms with Crippen LogP contribution in [0, 0.1) is 6.08 Å². The second-order valence-electron chi connectivity index (χ2n) is 7.48. The molecule has 0 aromatic heterocycles. The molecule has 1 fully saturated rings. The molecule has 1 aliphatic carbocycles. The first-order chi connectivity index (χ1) is 13.5. The number of nitrogens with two attached hydrogens (primary N) is 1. The molecular weight excluding hydrogens is 374 g/mol. The van der Waals surface area contributed by atoms with Crippen molar-refractivity contribution in [3.63, 3.8) is 0 Å². The second-order valence-corrected chi connectivity index (χ2v) is 7.88. The predicted octanol–water partition coefficient (Wildman–Crippen LogP) is 4.36. The second kappa shape index (κ2) is 8.03. The van der Waals surface area contributed by atoms with Gasteiger partial charge in [-0.05, 0) is 72.7 Å². The molecule has 28 heavy (non-hydrogen) atoms. The van der Waals surface area contributed by atoms with Gasteiger partial charge in [-0.3, -0.25) is 0 Å². The quantitative estimate of drug-likeness (QED) is 0.615. The molecule has 5 N–H and O–H groups in total. The number of phenols is 1. The molecule has 147 valence electrons. The maximum absolute atomic E-state index is 10.0. The first-order valence-electron chi connectivity index (χ1n) is 9.62. The zero-order valence-electron chi connectivity index (χ0n) is 15.8. The van der Waals surface area contributed by atoms with E-state index < -0.39 is 0 Å². The van der Waals surface area contributed by atoms with Crippen molar-refractivity contribution >= 4 is 17.3 Å². The molecule has 0 bridgehead atoms. The highest BCUT2D eigenvalue weighted by Crippen LogP contribution is 2.40. The van der Waals surface area contributed by atoms with Gasteiger partial charge in [-0.25, -0.2) is 0 Å². The van der Waals surface area contributed by atoms with E-state index in [0.717, 1.165) is 48.1 Å². The Bertz CT molecular complexity index is 892. The van der Waals surface area contributed by atoms with Crippen molar-refractivity contribution in [2.24, 2.45) is 5.73 Å². The highest BCUT2D eigenvalue weighted by atomic mass is 35.5. The van der Waals surface area contributed by atoms with E-state index in [1.165, 1.54) is 7.11 Å². The van der Waals surface area contributed by atoms with Gasteiger partial charge in [0.1, 0.15) is 0 Å². The lowest BCUT2D eigenvalue weighted by Crippen LogP contribution is -2.39. The maximum atomic E-state index is 10.0. The average Bonchev–Trinajstić information content (AvgIpc) is 2.71. The minimum atomic E-state index is -0.0427. The summed E-state index contributed by atoms with van der Waals surface area (Å²) in [4.78, 5) is 0. The zero-order chi connectivity index (χ0) is 19.7. The van der Waals surface area contributed by atoms with Crippen LogP contribution >= 0.6 is 11.6 Å². The summed E-state index contributed by atoms with van der Waals surface area (Å²) >= 11 is 6.18. The predicted molar refractivity (Wildman–Crippen MR) is 113 cm³/mol. The number of hydrogen-bond donors (Lipinski definition) is 4. The van der Waals surface area contributed by atoms with Gasteiger partial charge < -0.3 is 26.2 Å². The largest absolute Gasteiger partial charge is 0.503 e. The van der Waals surface area contributed by atoms with E-state index in [0.29, 0.717) is 17.8 Å². The van der Waals surface area contributed by atoms with Crippen molar-refractivity contribution in [3.8, 4) is 22.6 Å². The van der Waals surface area contributed by atoms with Crippen LogP contribution in [0.3, 0.4) is 0 Å². The van der Waals surface area contributed by atoms with Gasteiger partial charge in [0.05, 0.1) is 18.2 Å². The van der Waals surface area contributed by atoms with Crippen LogP contribution in [-0.2, 0) is 0 Å². The zero-order valence-corrected chi connectivity index (χ0v) is 16.6. The van der Waals surface area contributed by atoms with Crippen molar-refractivity contribution in [2.45, 2.75) is 43.8 Å². The van der Waals surface area contributed by atoms with Gasteiger partial charge in [-0.15, -0.1) is 0 Å². The number of anilines is 1. The lowest BCUT2D eigenvalue weighted by molar-refractivity contribution is 0.328. The number of methoxy groups -OCH3 is 1. The van der Waals surface area contributed by atoms with Crippen LogP contribution < -0.4 is 21.1 Å². The highest BCUT2D eigenvalue weighted by Gasteiger charge is 2.24. The summed E-state index contributed by atoms with van der Waals surface area (Å²) in [6.45, 7) is 0. The smallest absolute Gasteiger partial charge is 0.176 e. The van der Waals surface area contributed by atoms with Crippen LogP contribution in [0.4, 0.5) is 5.69 Å². The molecule has 5 nitrogen and oxygen atoms in total. The average molecular weight is 399 g/mol. The maximum Gasteiger partial charge on any atom is 0.176 e. The Morgan fingerprint density at radius 2 is 1.96 bits per heavy atom. The van der Waals surface area contributed by atoms with Crippen molar-refractivity contribution in [2.75, 3.05) is 12.4 Å². The Morgan fingerprint density at radius 3 is 2.71 bits per heavy atom. The first kappa shape index (κ1) is 19.1. The van der Waals surface area contributed by atoms with Crippen molar-refractivity contribution < 1.29 is 9.84 Å². The number of aromatic hydroxyl groups is 1. The lowest BCUT2D eigenvalue weighted by atomic mass is 9.89. The molecule has 0 amide bonds. The van der Waals surface area contributed by atoms with Crippen LogP contribution in [0.1, 0.15) is 37.3 Å². The summed E-state index contributed by atoms with van der Waals surface area (Å²) < 4.78 is 5.24. The summed E-state index contributed by atoms with van der Waals surface area (Å²) in [6, 6.07) is 10.6. The Morgan fingerprint density at radius 1 is 1.18 bits per heavy atom. The number of hydrogen-bond acceptors (Lipinski definition) is 5. The normalized spacial score (nSPS) is 23.8. The van der Waals surface area contributed by atoms with Crippen LogP contribution in [0.2, 0.25) is 5.02 Å². The lowest BCUT2D eigenvalue weighted by Gasteiger charge is -2.32. The number of nitrogens with one attached hydrogen (secondary N) is 2. The van der Waals surface area contributed by atoms with Gasteiger partial charge >= 0.3 is 0 Å². The van der Waals surface area contributed by atoms with Gasteiger partial charge in [0.25, 0.3) is 0 Å². The van der Waals surface area contributed by atoms with E-state index in [1.54, 1.807) is 12.1 Å². The molecule has 2 aliphatic rings. The Kier molecular flexibility index (Phi) is 5.49. The molecule has 1 aliphatic heterocycles. The SMILES string of the molecule is COc1cc(-c2ccc3c(c2)C(N[C@H]2CC[C@H](N)CC2)[C]=CN3)cc(Cl)c1O. The van der Waals surface area contributed by atoms with E-state index in [1.807, 2.05) is 12.3 Å². The Labute approximate surface area is 170 Å². The number of halogens is 1. The molecule has 0 spiro atoms. The standard InChI is InChI=1S/C22H25ClN3O2/c1-28-21-12-14(11-18(23)22(21)27)13-2-7-19-17(10-13)20(8-9-25-19)26-16-5-3-15(24)4-6-16/h2,7,9-12,15-16,20,25-27H,3-6,24H2,1H3/t15-,16-,20?. The molecule has 1 atom stereocenters. The molecule has 4 rings (SSSR count). The van der Waals surface area contributed by atoms with Gasteiger partial charge in [-0.1, -0.05) is 17.7 Å². The van der Waals surface area contributed by atoms with Crippen molar-refractivity contribution in [3.05, 3.63) is 53.2 Å². The third kappa shape index (κ3) is 3.83. The number of rotatable bonds is 4. The summed E-state index contributed by atoms with van der Waals surface area (Å²) in [6.07, 6.45) is 9.56. The van der Waals surface area contributed by atoms with E-state index >= 15 is 0 Å². The Balaban J connectivity index is 1.63. The summed E-state index contributed by atoms with van der Waals surface area (Å²) in [5, 5.41) is 17.3. The van der Waals surface area contributed by atoms with Crippen molar-refractivity contribution in [1.29, 1.82) is 0 Å². The van der Waals surface area contributed by atoms with E-state index in [-0.39, 0.29) is 16.8 Å². The molecular formula is C22H25ClN3O2. The first-order valence-corrected chi connectivity index (χ1v) is 9.99. The van der Waals surface area contributed by atoms with Gasteiger partial charge in [0.2, 0.25) is 0 Å². The number of benzene rings is 2. The highest BCUT2D eigenvalue weighted by molar-refractivity contribution is 6.32. The van der Waals surface area contributed by atoms with Gasteiger partial charge in [-0.2, -0.15) is 0 Å². The summed E-state index contributed by atoms with van der Waals surface area (Å²) in [7, 11) is 1.52. The minimum Gasteiger partial charge on any atom is -0.503 e.